The van der Waals surface area contributed by atoms with E-state index in [-0.39, 0.29) is 0 Å². The number of aromatic nitrogens is 2. The molecule has 0 atom stereocenters. The number of halogens is 1. The lowest BCUT2D eigenvalue weighted by Crippen LogP contribution is -1.89. The molecule has 3 aromatic rings. The SMILES string of the molecule is Clc1ccccc1Oc1ncnc2ccsc12. The van der Waals surface area contributed by atoms with Crippen molar-refractivity contribution in [3.63, 3.8) is 0 Å². The molecule has 2 heterocycles. The van der Waals surface area contributed by atoms with Crippen LogP contribution in [0.2, 0.25) is 5.02 Å². The van der Waals surface area contributed by atoms with Crippen molar-refractivity contribution in [1.29, 1.82) is 0 Å². The third kappa shape index (κ3) is 1.97. The molecule has 0 spiro atoms. The van der Waals surface area contributed by atoms with Crippen molar-refractivity contribution in [3.8, 4) is 11.6 Å². The van der Waals surface area contributed by atoms with E-state index in [0.29, 0.717) is 16.7 Å². The number of fused-ring (bicyclic) bond motifs is 1. The van der Waals surface area contributed by atoms with Crippen LogP contribution >= 0.6 is 22.9 Å². The van der Waals surface area contributed by atoms with E-state index < -0.39 is 0 Å². The molecule has 0 saturated carbocycles. The zero-order valence-electron chi connectivity index (χ0n) is 8.63. The lowest BCUT2D eigenvalue weighted by molar-refractivity contribution is 0.469. The summed E-state index contributed by atoms with van der Waals surface area (Å²) in [5.74, 6) is 1.14. The van der Waals surface area contributed by atoms with Gasteiger partial charge in [0.05, 0.1) is 10.5 Å². The average Bonchev–Trinajstić information content (AvgIpc) is 2.81. The monoisotopic (exact) mass is 262 g/mol. The van der Waals surface area contributed by atoms with Gasteiger partial charge in [0.1, 0.15) is 16.8 Å². The maximum atomic E-state index is 6.03. The maximum Gasteiger partial charge on any atom is 0.240 e. The first-order chi connectivity index (χ1) is 8.34. The average molecular weight is 263 g/mol. The van der Waals surface area contributed by atoms with Crippen molar-refractivity contribution in [2.75, 3.05) is 0 Å². The summed E-state index contributed by atoms with van der Waals surface area (Å²) in [7, 11) is 0. The molecule has 3 nitrogen and oxygen atoms in total. The van der Waals surface area contributed by atoms with Crippen LogP contribution in [-0.2, 0) is 0 Å². The second-order valence-electron chi connectivity index (χ2n) is 3.35. The first-order valence-corrected chi connectivity index (χ1v) is 6.21. The summed E-state index contributed by atoms with van der Waals surface area (Å²) in [5.41, 5.74) is 0.882. The summed E-state index contributed by atoms with van der Waals surface area (Å²) in [6.45, 7) is 0. The molecule has 0 unspecified atom stereocenters. The van der Waals surface area contributed by atoms with Crippen LogP contribution in [0.5, 0.6) is 11.6 Å². The van der Waals surface area contributed by atoms with Crippen LogP contribution in [0.15, 0.2) is 42.0 Å². The highest BCUT2D eigenvalue weighted by atomic mass is 35.5. The summed E-state index contributed by atoms with van der Waals surface area (Å²) >= 11 is 7.58. The fraction of sp³-hybridized carbons (Fsp3) is 0. The lowest BCUT2D eigenvalue weighted by atomic mass is 10.3. The molecule has 84 valence electrons. The van der Waals surface area contributed by atoms with E-state index in [1.807, 2.05) is 29.6 Å². The normalized spacial score (nSPS) is 10.6. The van der Waals surface area contributed by atoms with Gasteiger partial charge in [0, 0.05) is 0 Å². The van der Waals surface area contributed by atoms with Gasteiger partial charge in [-0.25, -0.2) is 9.97 Å². The predicted octanol–water partition coefficient (Wildman–Crippen LogP) is 4.14. The van der Waals surface area contributed by atoms with Crippen molar-refractivity contribution < 1.29 is 4.74 Å². The zero-order valence-corrected chi connectivity index (χ0v) is 10.2. The van der Waals surface area contributed by atoms with Crippen LogP contribution in [0.3, 0.4) is 0 Å². The molecule has 0 saturated heterocycles. The van der Waals surface area contributed by atoms with E-state index in [1.165, 1.54) is 6.33 Å². The molecule has 0 fully saturated rings. The smallest absolute Gasteiger partial charge is 0.240 e. The van der Waals surface area contributed by atoms with E-state index in [1.54, 1.807) is 17.4 Å². The van der Waals surface area contributed by atoms with Crippen LogP contribution in [-0.4, -0.2) is 9.97 Å². The highest BCUT2D eigenvalue weighted by Gasteiger charge is 2.08. The first kappa shape index (κ1) is 10.5. The van der Waals surface area contributed by atoms with Gasteiger partial charge in [-0.2, -0.15) is 0 Å². The minimum absolute atomic E-state index is 0.540. The Kier molecular flexibility index (Phi) is 2.66. The molecule has 5 heteroatoms. The number of ether oxygens (including phenoxy) is 1. The topological polar surface area (TPSA) is 35.0 Å². The van der Waals surface area contributed by atoms with Gasteiger partial charge in [0.15, 0.2) is 0 Å². The Labute approximate surface area is 107 Å². The van der Waals surface area contributed by atoms with Gasteiger partial charge in [0.2, 0.25) is 5.88 Å². The minimum Gasteiger partial charge on any atom is -0.436 e. The van der Waals surface area contributed by atoms with Crippen LogP contribution < -0.4 is 4.74 Å². The summed E-state index contributed by atoms with van der Waals surface area (Å²) in [6.07, 6.45) is 1.49. The standard InChI is InChI=1S/C12H7ClN2OS/c13-8-3-1-2-4-10(8)16-12-11-9(5-6-17-11)14-7-15-12/h1-7H. The van der Waals surface area contributed by atoms with E-state index in [4.69, 9.17) is 16.3 Å². The highest BCUT2D eigenvalue weighted by molar-refractivity contribution is 7.17. The number of benzene rings is 1. The second-order valence-corrected chi connectivity index (χ2v) is 4.67. The van der Waals surface area contributed by atoms with Crippen molar-refractivity contribution in [2.24, 2.45) is 0 Å². The molecule has 3 rings (SSSR count). The van der Waals surface area contributed by atoms with Crippen LogP contribution in [0, 0.1) is 0 Å². The zero-order chi connectivity index (χ0) is 11.7. The van der Waals surface area contributed by atoms with E-state index in [9.17, 15) is 0 Å². The molecule has 0 aliphatic heterocycles. The van der Waals surface area contributed by atoms with Crippen LogP contribution in [0.4, 0.5) is 0 Å². The molecule has 17 heavy (non-hydrogen) atoms. The molecule has 0 aliphatic rings. The summed E-state index contributed by atoms with van der Waals surface area (Å²) < 4.78 is 6.63. The second kappa shape index (κ2) is 4.31. The molecule has 0 bridgehead atoms. The highest BCUT2D eigenvalue weighted by Crippen LogP contribution is 2.33. The van der Waals surface area contributed by atoms with Crippen molar-refractivity contribution in [1.82, 2.24) is 9.97 Å². The number of para-hydroxylation sites is 1. The van der Waals surface area contributed by atoms with Gasteiger partial charge in [0.25, 0.3) is 0 Å². The quantitative estimate of drug-likeness (QED) is 0.696. The van der Waals surface area contributed by atoms with Crippen molar-refractivity contribution in [3.05, 3.63) is 47.1 Å². The number of nitrogens with zero attached hydrogens (tertiary/aromatic N) is 2. The Bertz CT molecular complexity index is 668. The fourth-order valence-corrected chi connectivity index (χ4v) is 2.41. The minimum atomic E-state index is 0.540. The first-order valence-electron chi connectivity index (χ1n) is 4.95. The number of thiophene rings is 1. The Morgan fingerprint density at radius 2 is 2.00 bits per heavy atom. The molecular formula is C12H7ClN2OS. The van der Waals surface area contributed by atoms with Gasteiger partial charge in [-0.3, -0.25) is 0 Å². The van der Waals surface area contributed by atoms with Gasteiger partial charge < -0.3 is 4.74 Å². The molecule has 2 aromatic heterocycles. The molecule has 1 aromatic carbocycles. The third-order valence-corrected chi connectivity index (χ3v) is 3.46. The Balaban J connectivity index is 2.06. The predicted molar refractivity (Wildman–Crippen MR) is 68.9 cm³/mol. The molecule has 0 amide bonds. The summed E-state index contributed by atoms with van der Waals surface area (Å²) in [4.78, 5) is 8.29. The van der Waals surface area contributed by atoms with Gasteiger partial charge in [-0.1, -0.05) is 23.7 Å². The lowest BCUT2D eigenvalue weighted by Gasteiger charge is -2.06. The Morgan fingerprint density at radius 3 is 2.88 bits per heavy atom. The van der Waals surface area contributed by atoms with E-state index in [2.05, 4.69) is 9.97 Å². The van der Waals surface area contributed by atoms with Gasteiger partial charge in [-0.15, -0.1) is 11.3 Å². The third-order valence-electron chi connectivity index (χ3n) is 2.25. The fourth-order valence-electron chi connectivity index (χ4n) is 1.47. The maximum absolute atomic E-state index is 6.03. The number of hydrogen-bond donors (Lipinski definition) is 0. The summed E-state index contributed by atoms with van der Waals surface area (Å²) in [5, 5.41) is 2.52. The number of rotatable bonds is 2. The van der Waals surface area contributed by atoms with Gasteiger partial charge in [-0.05, 0) is 23.6 Å². The van der Waals surface area contributed by atoms with Crippen molar-refractivity contribution in [2.45, 2.75) is 0 Å². The van der Waals surface area contributed by atoms with Crippen LogP contribution in [0.25, 0.3) is 10.2 Å². The molecule has 0 N–H and O–H groups in total. The molecular weight excluding hydrogens is 256 g/mol. The van der Waals surface area contributed by atoms with Crippen LogP contribution in [0.1, 0.15) is 0 Å². The largest absolute Gasteiger partial charge is 0.436 e. The summed E-state index contributed by atoms with van der Waals surface area (Å²) in [6, 6.07) is 9.25. The van der Waals surface area contributed by atoms with Gasteiger partial charge >= 0.3 is 0 Å². The molecule has 0 aliphatic carbocycles. The Morgan fingerprint density at radius 1 is 1.12 bits per heavy atom. The molecule has 0 radical (unpaired) electrons. The Hall–Kier alpha value is -1.65. The van der Waals surface area contributed by atoms with E-state index in [0.717, 1.165) is 10.2 Å². The van der Waals surface area contributed by atoms with E-state index >= 15 is 0 Å². The number of hydrogen-bond acceptors (Lipinski definition) is 4. The van der Waals surface area contributed by atoms with Crippen molar-refractivity contribution >= 4 is 33.2 Å².